The molecule has 1 nitrogen and oxygen atoms in total. The number of nitrogens with zero attached hydrogens (tertiary/aromatic N) is 1. The van der Waals surface area contributed by atoms with Crippen LogP contribution in [0, 0.1) is 0 Å². The first-order valence-corrected chi connectivity index (χ1v) is 7.30. The molecule has 1 heteroatoms. The van der Waals surface area contributed by atoms with E-state index in [9.17, 15) is 0 Å². The molecule has 0 spiro atoms. The van der Waals surface area contributed by atoms with Crippen LogP contribution in [0.2, 0.25) is 0 Å². The Bertz CT molecular complexity index is 512. The molecule has 0 amide bonds. The van der Waals surface area contributed by atoms with Gasteiger partial charge in [0, 0.05) is 18.8 Å². The summed E-state index contributed by atoms with van der Waals surface area (Å²) >= 11 is 0. The van der Waals surface area contributed by atoms with Crippen LogP contribution in [0.5, 0.6) is 0 Å². The lowest BCUT2D eigenvalue weighted by atomic mass is 10.0. The van der Waals surface area contributed by atoms with Gasteiger partial charge in [0.15, 0.2) is 0 Å². The van der Waals surface area contributed by atoms with Crippen LogP contribution in [0.25, 0.3) is 0 Å². The van der Waals surface area contributed by atoms with Crippen LogP contribution >= 0.6 is 0 Å². The van der Waals surface area contributed by atoms with Crippen molar-refractivity contribution in [1.29, 1.82) is 0 Å². The number of benzene rings is 2. The molecule has 0 aromatic heterocycles. The summed E-state index contributed by atoms with van der Waals surface area (Å²) in [6, 6.07) is 19.6. The normalized spacial score (nSPS) is 15.5. The van der Waals surface area contributed by atoms with Crippen LogP contribution in [0.15, 0.2) is 54.6 Å². The van der Waals surface area contributed by atoms with E-state index in [1.165, 1.54) is 49.2 Å². The summed E-state index contributed by atoms with van der Waals surface area (Å²) in [5.74, 6) is 0. The number of hydrogen-bond acceptors (Lipinski definition) is 1. The lowest BCUT2D eigenvalue weighted by Gasteiger charge is -2.30. The monoisotopic (exact) mass is 251 g/mol. The van der Waals surface area contributed by atoms with E-state index in [1.54, 1.807) is 0 Å². The molecule has 2 aromatic carbocycles. The summed E-state index contributed by atoms with van der Waals surface area (Å²) in [4.78, 5) is 2.56. The summed E-state index contributed by atoms with van der Waals surface area (Å²) in [5.41, 5.74) is 4.29. The number of piperidine rings is 1. The average Bonchev–Trinajstić information content (AvgIpc) is 2.50. The first kappa shape index (κ1) is 12.3. The molecule has 19 heavy (non-hydrogen) atoms. The predicted octanol–water partition coefficient (Wildman–Crippen LogP) is 4.27. The molecule has 2 aromatic rings. The third kappa shape index (κ3) is 2.98. The molecule has 0 radical (unpaired) electrons. The number of anilines is 1. The van der Waals surface area contributed by atoms with Gasteiger partial charge in [-0.3, -0.25) is 0 Å². The molecule has 98 valence electrons. The molecule has 3 rings (SSSR count). The SMILES string of the molecule is c1ccc(Cc2ccccc2N2CCCCC2)cc1. The van der Waals surface area contributed by atoms with Gasteiger partial charge < -0.3 is 4.90 Å². The van der Waals surface area contributed by atoms with Crippen LogP contribution in [-0.2, 0) is 6.42 Å². The van der Waals surface area contributed by atoms with E-state index in [1.807, 2.05) is 0 Å². The van der Waals surface area contributed by atoms with Crippen molar-refractivity contribution >= 4 is 5.69 Å². The van der Waals surface area contributed by atoms with E-state index in [0.29, 0.717) is 0 Å². The van der Waals surface area contributed by atoms with Gasteiger partial charge in [-0.05, 0) is 42.9 Å². The second-order valence-electron chi connectivity index (χ2n) is 5.34. The van der Waals surface area contributed by atoms with Crippen molar-refractivity contribution in [2.75, 3.05) is 18.0 Å². The van der Waals surface area contributed by atoms with Gasteiger partial charge in [-0.15, -0.1) is 0 Å². The minimum absolute atomic E-state index is 1.04. The molecule has 0 atom stereocenters. The molecule has 1 aliphatic rings. The van der Waals surface area contributed by atoms with Gasteiger partial charge >= 0.3 is 0 Å². The quantitative estimate of drug-likeness (QED) is 0.787. The van der Waals surface area contributed by atoms with Gasteiger partial charge in [-0.1, -0.05) is 48.5 Å². The third-order valence-electron chi connectivity index (χ3n) is 3.93. The smallest absolute Gasteiger partial charge is 0.0402 e. The standard InChI is InChI=1S/C18H21N/c1-3-9-16(10-4-1)15-17-11-5-6-12-18(17)19-13-7-2-8-14-19/h1,3-6,9-12H,2,7-8,13-15H2. The van der Waals surface area contributed by atoms with Crippen molar-refractivity contribution in [1.82, 2.24) is 0 Å². The average molecular weight is 251 g/mol. The fourth-order valence-corrected chi connectivity index (χ4v) is 2.92. The van der Waals surface area contributed by atoms with E-state index < -0.39 is 0 Å². The maximum Gasteiger partial charge on any atom is 0.0402 e. The number of para-hydroxylation sites is 1. The zero-order valence-corrected chi connectivity index (χ0v) is 11.4. The highest BCUT2D eigenvalue weighted by Gasteiger charge is 2.13. The van der Waals surface area contributed by atoms with E-state index in [2.05, 4.69) is 59.5 Å². The first-order chi connectivity index (χ1) is 9.43. The van der Waals surface area contributed by atoms with Crippen molar-refractivity contribution < 1.29 is 0 Å². The van der Waals surface area contributed by atoms with Crippen LogP contribution < -0.4 is 4.90 Å². The lowest BCUT2D eigenvalue weighted by Crippen LogP contribution is -2.30. The molecule has 0 bridgehead atoms. The Balaban J connectivity index is 1.84. The largest absolute Gasteiger partial charge is 0.371 e. The van der Waals surface area contributed by atoms with Gasteiger partial charge in [0.2, 0.25) is 0 Å². The van der Waals surface area contributed by atoms with Crippen molar-refractivity contribution in [3.8, 4) is 0 Å². The van der Waals surface area contributed by atoms with E-state index in [-0.39, 0.29) is 0 Å². The van der Waals surface area contributed by atoms with Gasteiger partial charge in [-0.25, -0.2) is 0 Å². The molecular formula is C18H21N. The summed E-state index contributed by atoms with van der Waals surface area (Å²) in [7, 11) is 0. The second kappa shape index (κ2) is 5.92. The molecule has 1 heterocycles. The number of rotatable bonds is 3. The van der Waals surface area contributed by atoms with Crippen LogP contribution in [0.3, 0.4) is 0 Å². The van der Waals surface area contributed by atoms with E-state index in [0.717, 1.165) is 6.42 Å². The molecule has 1 aliphatic heterocycles. The summed E-state index contributed by atoms with van der Waals surface area (Å²) < 4.78 is 0. The fourth-order valence-electron chi connectivity index (χ4n) is 2.92. The Hall–Kier alpha value is -1.76. The zero-order chi connectivity index (χ0) is 12.9. The Morgan fingerprint density at radius 1 is 0.737 bits per heavy atom. The van der Waals surface area contributed by atoms with E-state index >= 15 is 0 Å². The maximum absolute atomic E-state index is 2.56. The number of hydrogen-bond donors (Lipinski definition) is 0. The summed E-state index contributed by atoms with van der Waals surface area (Å²) in [6.45, 7) is 2.43. The molecular weight excluding hydrogens is 230 g/mol. The van der Waals surface area contributed by atoms with Crippen molar-refractivity contribution in [2.24, 2.45) is 0 Å². The van der Waals surface area contributed by atoms with Gasteiger partial charge in [0.05, 0.1) is 0 Å². The minimum atomic E-state index is 1.04. The highest BCUT2D eigenvalue weighted by Crippen LogP contribution is 2.26. The predicted molar refractivity (Wildman–Crippen MR) is 81.8 cm³/mol. The second-order valence-corrected chi connectivity index (χ2v) is 5.34. The Morgan fingerprint density at radius 2 is 1.42 bits per heavy atom. The van der Waals surface area contributed by atoms with E-state index in [4.69, 9.17) is 0 Å². The highest BCUT2D eigenvalue weighted by molar-refractivity contribution is 5.55. The van der Waals surface area contributed by atoms with Crippen molar-refractivity contribution in [3.63, 3.8) is 0 Å². The zero-order valence-electron chi connectivity index (χ0n) is 11.4. The van der Waals surface area contributed by atoms with Gasteiger partial charge in [-0.2, -0.15) is 0 Å². The Kier molecular flexibility index (Phi) is 3.83. The topological polar surface area (TPSA) is 3.24 Å². The molecule has 1 fully saturated rings. The van der Waals surface area contributed by atoms with Gasteiger partial charge in [0.25, 0.3) is 0 Å². The Morgan fingerprint density at radius 3 is 2.21 bits per heavy atom. The Labute approximate surface area is 115 Å². The summed E-state index contributed by atoms with van der Waals surface area (Å²) in [6.07, 6.45) is 5.09. The molecule has 1 saturated heterocycles. The minimum Gasteiger partial charge on any atom is -0.371 e. The lowest BCUT2D eigenvalue weighted by molar-refractivity contribution is 0.576. The molecule has 0 N–H and O–H groups in total. The van der Waals surface area contributed by atoms with Gasteiger partial charge in [0.1, 0.15) is 0 Å². The molecule has 0 unspecified atom stereocenters. The van der Waals surface area contributed by atoms with Crippen molar-refractivity contribution in [3.05, 3.63) is 65.7 Å². The highest BCUT2D eigenvalue weighted by atomic mass is 15.1. The maximum atomic E-state index is 2.56. The third-order valence-corrected chi connectivity index (χ3v) is 3.93. The van der Waals surface area contributed by atoms with Crippen molar-refractivity contribution in [2.45, 2.75) is 25.7 Å². The summed E-state index contributed by atoms with van der Waals surface area (Å²) in [5, 5.41) is 0. The fraction of sp³-hybridized carbons (Fsp3) is 0.333. The van der Waals surface area contributed by atoms with Crippen LogP contribution in [0.1, 0.15) is 30.4 Å². The molecule has 0 saturated carbocycles. The van der Waals surface area contributed by atoms with Crippen LogP contribution in [-0.4, -0.2) is 13.1 Å². The first-order valence-electron chi connectivity index (χ1n) is 7.30. The molecule has 0 aliphatic carbocycles. The van der Waals surface area contributed by atoms with Crippen LogP contribution in [0.4, 0.5) is 5.69 Å².